The normalized spacial score (nSPS) is 12.1. The third-order valence-electron chi connectivity index (χ3n) is 5.69. The summed E-state index contributed by atoms with van der Waals surface area (Å²) in [5.41, 5.74) is 3.56. The number of rotatable bonds is 10. The van der Waals surface area contributed by atoms with Gasteiger partial charge >= 0.3 is 0 Å². The number of imidazole rings is 1. The summed E-state index contributed by atoms with van der Waals surface area (Å²) in [5.74, 6) is 2.08. The molecule has 0 bridgehead atoms. The molecule has 0 fully saturated rings. The number of aromatic nitrogens is 3. The van der Waals surface area contributed by atoms with Crippen LogP contribution in [0.5, 0.6) is 11.5 Å². The summed E-state index contributed by atoms with van der Waals surface area (Å²) < 4.78 is 13.7. The van der Waals surface area contributed by atoms with Crippen molar-refractivity contribution < 1.29 is 14.3 Å². The summed E-state index contributed by atoms with van der Waals surface area (Å²) in [6.07, 6.45) is 7.99. The second-order valence-corrected chi connectivity index (χ2v) is 8.15. The van der Waals surface area contributed by atoms with Gasteiger partial charge in [-0.1, -0.05) is 30.4 Å². The molecule has 1 atom stereocenters. The molecule has 1 amide bonds. The van der Waals surface area contributed by atoms with Gasteiger partial charge in [0, 0.05) is 24.5 Å². The molecule has 0 aliphatic heterocycles. The van der Waals surface area contributed by atoms with Gasteiger partial charge in [0.25, 0.3) is 5.91 Å². The number of methoxy groups -OCH3 is 1. The minimum absolute atomic E-state index is 0.157. The number of carbonyl (C=O) groups is 1. The van der Waals surface area contributed by atoms with E-state index in [4.69, 9.17) is 14.5 Å². The van der Waals surface area contributed by atoms with Gasteiger partial charge in [0.2, 0.25) is 0 Å². The van der Waals surface area contributed by atoms with Crippen LogP contribution >= 0.6 is 0 Å². The highest BCUT2D eigenvalue weighted by Gasteiger charge is 2.19. The van der Waals surface area contributed by atoms with Crippen LogP contribution in [-0.2, 0) is 6.54 Å². The standard InChI is InChI=1S/C28H30N4O3/c1-4-8-21-11-12-25(26(19-21)34-3)35-18-7-17-32-24-10-6-5-9-23(24)31-27(32)20(2)30-28(33)22-13-15-29-16-14-22/h4-6,8-16,19-20H,7,17-18H2,1-3H3,(H,30,33)/b8-4+. The highest BCUT2D eigenvalue weighted by Crippen LogP contribution is 2.29. The average molecular weight is 471 g/mol. The molecule has 35 heavy (non-hydrogen) atoms. The molecule has 2 aromatic carbocycles. The predicted molar refractivity (Wildman–Crippen MR) is 138 cm³/mol. The lowest BCUT2D eigenvalue weighted by Gasteiger charge is -2.17. The molecule has 0 radical (unpaired) electrons. The SMILES string of the molecule is C/C=C/c1ccc(OCCCn2c(C(C)NC(=O)c3ccncc3)nc3ccccc32)c(OC)c1. The van der Waals surface area contributed by atoms with Gasteiger partial charge in [-0.15, -0.1) is 0 Å². The van der Waals surface area contributed by atoms with Crippen LogP contribution < -0.4 is 14.8 Å². The summed E-state index contributed by atoms with van der Waals surface area (Å²) in [7, 11) is 1.65. The molecule has 0 saturated heterocycles. The molecule has 2 aromatic heterocycles. The van der Waals surface area contributed by atoms with Gasteiger partial charge in [-0.2, -0.15) is 0 Å². The van der Waals surface area contributed by atoms with Gasteiger partial charge in [0.15, 0.2) is 11.5 Å². The van der Waals surface area contributed by atoms with E-state index in [0.717, 1.165) is 34.6 Å². The zero-order valence-electron chi connectivity index (χ0n) is 20.3. The van der Waals surface area contributed by atoms with Crippen molar-refractivity contribution in [1.29, 1.82) is 0 Å². The number of nitrogens with one attached hydrogen (secondary N) is 1. The molecule has 0 spiro atoms. The first-order valence-electron chi connectivity index (χ1n) is 11.7. The summed E-state index contributed by atoms with van der Waals surface area (Å²) in [4.78, 5) is 21.5. The van der Waals surface area contributed by atoms with E-state index in [1.165, 1.54) is 0 Å². The Labute approximate surface area is 205 Å². The maximum Gasteiger partial charge on any atom is 0.251 e. The highest BCUT2D eigenvalue weighted by atomic mass is 16.5. The van der Waals surface area contributed by atoms with E-state index in [0.29, 0.717) is 24.5 Å². The van der Waals surface area contributed by atoms with Crippen LogP contribution in [0.15, 0.2) is 73.1 Å². The van der Waals surface area contributed by atoms with Crippen molar-refractivity contribution in [3.05, 3.63) is 90.0 Å². The number of benzene rings is 2. The number of pyridine rings is 1. The van der Waals surface area contributed by atoms with Crippen molar-refractivity contribution in [3.8, 4) is 11.5 Å². The first kappa shape index (κ1) is 24.0. The Morgan fingerprint density at radius 3 is 2.69 bits per heavy atom. The van der Waals surface area contributed by atoms with E-state index < -0.39 is 0 Å². The van der Waals surface area contributed by atoms with E-state index in [2.05, 4.69) is 14.9 Å². The van der Waals surface area contributed by atoms with Gasteiger partial charge in [-0.05, 0) is 62.2 Å². The third kappa shape index (κ3) is 5.69. The summed E-state index contributed by atoms with van der Waals surface area (Å²) >= 11 is 0. The van der Waals surface area contributed by atoms with E-state index >= 15 is 0 Å². The van der Waals surface area contributed by atoms with Crippen LogP contribution in [0.4, 0.5) is 0 Å². The minimum Gasteiger partial charge on any atom is -0.493 e. The molecule has 0 aliphatic rings. The first-order valence-corrected chi connectivity index (χ1v) is 11.7. The van der Waals surface area contributed by atoms with Crippen LogP contribution in [0.3, 0.4) is 0 Å². The predicted octanol–water partition coefficient (Wildman–Crippen LogP) is 5.43. The zero-order valence-corrected chi connectivity index (χ0v) is 20.3. The molecule has 7 nitrogen and oxygen atoms in total. The average Bonchev–Trinajstić information content (AvgIpc) is 3.26. The Kier molecular flexibility index (Phi) is 7.77. The maximum atomic E-state index is 12.7. The van der Waals surface area contributed by atoms with Crippen LogP contribution in [0.25, 0.3) is 17.1 Å². The van der Waals surface area contributed by atoms with Crippen LogP contribution in [0.2, 0.25) is 0 Å². The lowest BCUT2D eigenvalue weighted by atomic mass is 10.2. The van der Waals surface area contributed by atoms with E-state index in [-0.39, 0.29) is 11.9 Å². The van der Waals surface area contributed by atoms with Crippen molar-refractivity contribution >= 4 is 23.0 Å². The van der Waals surface area contributed by atoms with Crippen molar-refractivity contribution in [2.75, 3.05) is 13.7 Å². The molecular formula is C28H30N4O3. The molecular weight excluding hydrogens is 440 g/mol. The molecule has 7 heteroatoms. The van der Waals surface area contributed by atoms with Gasteiger partial charge in [0.05, 0.1) is 30.8 Å². The van der Waals surface area contributed by atoms with Gasteiger partial charge in [-0.25, -0.2) is 4.98 Å². The van der Waals surface area contributed by atoms with Crippen molar-refractivity contribution in [2.45, 2.75) is 32.9 Å². The van der Waals surface area contributed by atoms with Gasteiger partial charge in [0.1, 0.15) is 5.82 Å². The fraction of sp³-hybridized carbons (Fsp3) is 0.250. The number of aryl methyl sites for hydroxylation is 1. The van der Waals surface area contributed by atoms with Crippen LogP contribution in [-0.4, -0.2) is 34.2 Å². The Morgan fingerprint density at radius 2 is 1.91 bits per heavy atom. The number of allylic oxidation sites excluding steroid dienone is 1. The Morgan fingerprint density at radius 1 is 1.11 bits per heavy atom. The topological polar surface area (TPSA) is 78.3 Å². The lowest BCUT2D eigenvalue weighted by molar-refractivity contribution is 0.0937. The molecule has 4 rings (SSSR count). The third-order valence-corrected chi connectivity index (χ3v) is 5.69. The molecule has 4 aromatic rings. The molecule has 0 saturated carbocycles. The summed E-state index contributed by atoms with van der Waals surface area (Å²) in [6, 6.07) is 17.0. The number of nitrogens with zero attached hydrogens (tertiary/aromatic N) is 3. The van der Waals surface area contributed by atoms with Gasteiger partial charge < -0.3 is 19.4 Å². The molecule has 2 heterocycles. The van der Waals surface area contributed by atoms with E-state index in [1.807, 2.05) is 68.5 Å². The van der Waals surface area contributed by atoms with Crippen molar-refractivity contribution in [1.82, 2.24) is 19.9 Å². The Hall–Kier alpha value is -4.13. The number of carbonyl (C=O) groups excluding carboxylic acids is 1. The number of para-hydroxylation sites is 2. The Balaban J connectivity index is 1.46. The maximum absolute atomic E-state index is 12.7. The minimum atomic E-state index is -0.275. The second-order valence-electron chi connectivity index (χ2n) is 8.15. The quantitative estimate of drug-likeness (QED) is 0.313. The van der Waals surface area contributed by atoms with Gasteiger partial charge in [-0.3, -0.25) is 9.78 Å². The molecule has 0 aliphatic carbocycles. The molecule has 1 unspecified atom stereocenters. The summed E-state index contributed by atoms with van der Waals surface area (Å²) in [5, 5.41) is 3.06. The smallest absolute Gasteiger partial charge is 0.251 e. The molecule has 180 valence electrons. The summed E-state index contributed by atoms with van der Waals surface area (Å²) in [6.45, 7) is 5.15. The number of amides is 1. The lowest BCUT2D eigenvalue weighted by Crippen LogP contribution is -2.28. The van der Waals surface area contributed by atoms with Crippen molar-refractivity contribution in [3.63, 3.8) is 0 Å². The van der Waals surface area contributed by atoms with E-state index in [1.54, 1.807) is 31.6 Å². The largest absolute Gasteiger partial charge is 0.493 e. The monoisotopic (exact) mass is 470 g/mol. The first-order chi connectivity index (χ1) is 17.1. The molecule has 1 N–H and O–H groups in total. The fourth-order valence-electron chi connectivity index (χ4n) is 4.01. The number of hydrogen-bond acceptors (Lipinski definition) is 5. The van der Waals surface area contributed by atoms with E-state index in [9.17, 15) is 4.79 Å². The Bertz CT molecular complexity index is 1310. The fourth-order valence-corrected chi connectivity index (χ4v) is 4.01. The number of ether oxygens (including phenoxy) is 2. The zero-order chi connectivity index (χ0) is 24.6. The van der Waals surface area contributed by atoms with Crippen LogP contribution in [0.1, 0.15) is 48.1 Å². The second kappa shape index (κ2) is 11.3. The number of fused-ring (bicyclic) bond motifs is 1. The highest BCUT2D eigenvalue weighted by molar-refractivity contribution is 5.94. The number of hydrogen-bond donors (Lipinski definition) is 1. The van der Waals surface area contributed by atoms with Crippen molar-refractivity contribution in [2.24, 2.45) is 0 Å². The van der Waals surface area contributed by atoms with Crippen LogP contribution in [0, 0.1) is 0 Å².